The molecule has 0 spiro atoms. The lowest BCUT2D eigenvalue weighted by molar-refractivity contribution is 0.508. The summed E-state index contributed by atoms with van der Waals surface area (Å²) >= 11 is 0. The first-order valence-corrected chi connectivity index (χ1v) is 10.4. The first-order chi connectivity index (χ1) is 14.8. The number of nitrogens with zero attached hydrogens (tertiary/aromatic N) is 3. The number of hydrogen-bond acceptors (Lipinski definition) is 2. The Bertz CT molecular complexity index is 1310. The van der Waals surface area contributed by atoms with Crippen LogP contribution in [0.4, 0.5) is 8.78 Å². The Balaban J connectivity index is 1.59. The van der Waals surface area contributed by atoms with Crippen LogP contribution >= 0.6 is 0 Å². The molecule has 6 heteroatoms. The molecule has 2 aromatic heterocycles. The lowest BCUT2D eigenvalue weighted by Crippen LogP contribution is -2.23. The quantitative estimate of drug-likeness (QED) is 0.454. The molecule has 4 aromatic rings. The maximum atomic E-state index is 13.9. The number of rotatable bonds is 3. The van der Waals surface area contributed by atoms with Crippen molar-refractivity contribution in [2.45, 2.75) is 45.2 Å². The van der Waals surface area contributed by atoms with Gasteiger partial charge in [-0.2, -0.15) is 0 Å². The van der Waals surface area contributed by atoms with Crippen molar-refractivity contribution in [3.05, 3.63) is 89.1 Å². The predicted octanol–water partition coefficient (Wildman–Crippen LogP) is 5.73. The van der Waals surface area contributed by atoms with Crippen molar-refractivity contribution in [1.82, 2.24) is 14.5 Å². The van der Waals surface area contributed by atoms with E-state index in [-0.39, 0.29) is 11.5 Å². The third kappa shape index (κ3) is 3.56. The van der Waals surface area contributed by atoms with Gasteiger partial charge in [0.05, 0.1) is 18.0 Å². The summed E-state index contributed by atoms with van der Waals surface area (Å²) in [5.41, 5.74) is 4.46. The fourth-order valence-corrected chi connectivity index (χ4v) is 4.12. The van der Waals surface area contributed by atoms with Crippen LogP contribution in [0.25, 0.3) is 10.9 Å². The molecule has 2 aromatic carbocycles. The van der Waals surface area contributed by atoms with Gasteiger partial charge in [0.25, 0.3) is 0 Å². The van der Waals surface area contributed by atoms with Gasteiger partial charge >= 0.3 is 0 Å². The largest absolute Gasteiger partial charge is 0.361 e. The van der Waals surface area contributed by atoms with Gasteiger partial charge in [-0.3, -0.25) is 4.99 Å². The van der Waals surface area contributed by atoms with Crippen molar-refractivity contribution < 1.29 is 8.78 Å². The van der Waals surface area contributed by atoms with Crippen LogP contribution < -0.4 is 0 Å². The van der Waals surface area contributed by atoms with Crippen LogP contribution in [0.15, 0.2) is 59.9 Å². The summed E-state index contributed by atoms with van der Waals surface area (Å²) in [6.07, 6.45) is 4.74. The summed E-state index contributed by atoms with van der Waals surface area (Å²) in [5, 5.41) is 1.16. The van der Waals surface area contributed by atoms with Crippen LogP contribution in [0, 0.1) is 11.6 Å². The average Bonchev–Trinajstić information content (AvgIpc) is 3.35. The van der Waals surface area contributed by atoms with E-state index in [4.69, 9.17) is 9.98 Å². The number of para-hydroxylation sites is 1. The Morgan fingerprint density at radius 3 is 2.68 bits per heavy atom. The second kappa shape index (κ2) is 7.15. The summed E-state index contributed by atoms with van der Waals surface area (Å²) in [6, 6.07) is 11.9. The number of nitrogens with one attached hydrogen (secondary N) is 1. The van der Waals surface area contributed by atoms with Crippen molar-refractivity contribution in [3.8, 4) is 0 Å². The standard InChI is InChI=1S/C25H24F2N4/c1-25(2,3)23-14-31-13-22(15-8-9-18(26)19(27)10-15)29-21(24(31)30-23)11-16-12-28-20-7-5-4-6-17(16)20/h4-10,12,14,21,28H,11,13H2,1-3H3. The Hall–Kier alpha value is -3.28. The smallest absolute Gasteiger partial charge is 0.159 e. The lowest BCUT2D eigenvalue weighted by Gasteiger charge is -2.22. The first kappa shape index (κ1) is 19.7. The van der Waals surface area contributed by atoms with Gasteiger partial charge in [-0.05, 0) is 29.8 Å². The molecule has 158 valence electrons. The number of halogens is 2. The Morgan fingerprint density at radius 1 is 1.10 bits per heavy atom. The van der Waals surface area contributed by atoms with Gasteiger partial charge in [-0.25, -0.2) is 13.8 Å². The SMILES string of the molecule is CC(C)(C)c1cn2c(n1)C(Cc1c[nH]c3ccccc13)N=C(c1ccc(F)c(F)c1)C2. The third-order valence-corrected chi connectivity index (χ3v) is 5.85. The fraction of sp³-hybridized carbons (Fsp3) is 0.280. The highest BCUT2D eigenvalue weighted by atomic mass is 19.2. The Morgan fingerprint density at radius 2 is 1.90 bits per heavy atom. The molecule has 31 heavy (non-hydrogen) atoms. The third-order valence-electron chi connectivity index (χ3n) is 5.85. The molecule has 3 heterocycles. The summed E-state index contributed by atoms with van der Waals surface area (Å²) < 4.78 is 29.5. The number of fused-ring (bicyclic) bond motifs is 2. The normalized spacial score (nSPS) is 16.4. The van der Waals surface area contributed by atoms with Gasteiger partial charge in [-0.15, -0.1) is 0 Å². The highest BCUT2D eigenvalue weighted by Gasteiger charge is 2.29. The van der Waals surface area contributed by atoms with Crippen molar-refractivity contribution in [3.63, 3.8) is 0 Å². The molecule has 0 bridgehead atoms. The van der Waals surface area contributed by atoms with Crippen LogP contribution in [0.5, 0.6) is 0 Å². The second-order valence-corrected chi connectivity index (χ2v) is 9.15. The van der Waals surface area contributed by atoms with E-state index in [2.05, 4.69) is 42.6 Å². The molecule has 0 radical (unpaired) electrons. The van der Waals surface area contributed by atoms with E-state index >= 15 is 0 Å². The van der Waals surface area contributed by atoms with E-state index in [0.29, 0.717) is 18.5 Å². The average molecular weight is 418 g/mol. The topological polar surface area (TPSA) is 46.0 Å². The molecule has 0 aliphatic carbocycles. The molecule has 1 aliphatic heterocycles. The molecule has 5 rings (SSSR count). The van der Waals surface area contributed by atoms with E-state index in [0.717, 1.165) is 39.8 Å². The van der Waals surface area contributed by atoms with E-state index in [1.807, 2.05) is 24.4 Å². The van der Waals surface area contributed by atoms with Crippen molar-refractivity contribution in [2.24, 2.45) is 4.99 Å². The van der Waals surface area contributed by atoms with Crippen LogP contribution in [0.3, 0.4) is 0 Å². The molecule has 1 N–H and O–H groups in total. The molecule has 0 saturated heterocycles. The number of hydrogen-bond donors (Lipinski definition) is 1. The van der Waals surface area contributed by atoms with E-state index in [9.17, 15) is 8.78 Å². The summed E-state index contributed by atoms with van der Waals surface area (Å²) in [5.74, 6) is -0.810. The fourth-order valence-electron chi connectivity index (χ4n) is 4.12. The number of benzene rings is 2. The van der Waals surface area contributed by atoms with E-state index in [1.54, 1.807) is 6.07 Å². The number of imidazole rings is 1. The van der Waals surface area contributed by atoms with Gasteiger partial charge in [-0.1, -0.05) is 39.0 Å². The number of aromatic nitrogens is 3. The van der Waals surface area contributed by atoms with Crippen LogP contribution in [0.2, 0.25) is 0 Å². The zero-order chi connectivity index (χ0) is 21.8. The molecule has 0 amide bonds. The number of aliphatic imine (C=N–C) groups is 1. The van der Waals surface area contributed by atoms with Gasteiger partial charge in [0, 0.05) is 40.7 Å². The zero-order valence-corrected chi connectivity index (χ0v) is 17.8. The molecule has 4 nitrogen and oxygen atoms in total. The zero-order valence-electron chi connectivity index (χ0n) is 17.8. The summed E-state index contributed by atoms with van der Waals surface area (Å²) in [7, 11) is 0. The minimum atomic E-state index is -0.861. The van der Waals surface area contributed by atoms with E-state index < -0.39 is 11.6 Å². The van der Waals surface area contributed by atoms with Gasteiger partial charge in [0.2, 0.25) is 0 Å². The molecule has 0 fully saturated rings. The molecule has 1 aliphatic rings. The molecular formula is C25H24F2N4. The van der Waals surface area contributed by atoms with Crippen molar-refractivity contribution >= 4 is 16.6 Å². The van der Waals surface area contributed by atoms with Gasteiger partial charge in [0.1, 0.15) is 11.9 Å². The van der Waals surface area contributed by atoms with Crippen LogP contribution in [-0.2, 0) is 18.4 Å². The second-order valence-electron chi connectivity index (χ2n) is 9.15. The van der Waals surface area contributed by atoms with Gasteiger partial charge < -0.3 is 9.55 Å². The summed E-state index contributed by atoms with van der Waals surface area (Å²) in [6.45, 7) is 6.88. The number of aromatic amines is 1. The van der Waals surface area contributed by atoms with Crippen molar-refractivity contribution in [2.75, 3.05) is 0 Å². The maximum absolute atomic E-state index is 13.9. The molecule has 1 atom stereocenters. The molecule has 1 unspecified atom stereocenters. The first-order valence-electron chi connectivity index (χ1n) is 10.4. The van der Waals surface area contributed by atoms with Crippen molar-refractivity contribution in [1.29, 1.82) is 0 Å². The summed E-state index contributed by atoms with van der Waals surface area (Å²) in [4.78, 5) is 13.2. The van der Waals surface area contributed by atoms with Gasteiger partial charge in [0.15, 0.2) is 11.6 Å². The molecule has 0 saturated carbocycles. The minimum Gasteiger partial charge on any atom is -0.361 e. The van der Waals surface area contributed by atoms with Crippen LogP contribution in [-0.4, -0.2) is 20.2 Å². The Labute approximate surface area is 179 Å². The maximum Gasteiger partial charge on any atom is 0.159 e. The minimum absolute atomic E-state index is 0.0994. The Kier molecular flexibility index (Phi) is 4.54. The number of H-pyrrole nitrogens is 1. The highest BCUT2D eigenvalue weighted by molar-refractivity contribution is 6.01. The molecular weight excluding hydrogens is 394 g/mol. The lowest BCUT2D eigenvalue weighted by atomic mass is 9.93. The predicted molar refractivity (Wildman–Crippen MR) is 119 cm³/mol. The monoisotopic (exact) mass is 418 g/mol. The van der Waals surface area contributed by atoms with Crippen LogP contribution in [0.1, 0.15) is 49.5 Å². The van der Waals surface area contributed by atoms with E-state index in [1.165, 1.54) is 6.07 Å². The highest BCUT2D eigenvalue weighted by Crippen LogP contribution is 2.32.